The molecule has 0 saturated carbocycles. The van der Waals surface area contributed by atoms with Gasteiger partial charge in [0, 0.05) is 0 Å². The topological polar surface area (TPSA) is 72.5 Å². The van der Waals surface area contributed by atoms with Gasteiger partial charge in [0.25, 0.3) is 0 Å². The number of carbonyl (C=O) groups is 1. The van der Waals surface area contributed by atoms with Crippen molar-refractivity contribution in [3.63, 3.8) is 0 Å². The summed E-state index contributed by atoms with van der Waals surface area (Å²) in [6.45, 7) is 6.61. The first kappa shape index (κ1) is 13.4. The third-order valence-electron chi connectivity index (χ3n) is 2.35. The van der Waals surface area contributed by atoms with Crippen LogP contribution in [0.5, 0.6) is 5.75 Å². The van der Waals surface area contributed by atoms with Gasteiger partial charge in [-0.2, -0.15) is 0 Å². The highest BCUT2D eigenvalue weighted by molar-refractivity contribution is 5.90. The number of benzene rings is 1. The van der Waals surface area contributed by atoms with Gasteiger partial charge in [0.05, 0.1) is 17.9 Å². The van der Waals surface area contributed by atoms with Crippen molar-refractivity contribution in [2.75, 3.05) is 12.3 Å². The maximum Gasteiger partial charge on any atom is 0.338 e. The van der Waals surface area contributed by atoms with E-state index in [0.717, 1.165) is 6.42 Å². The van der Waals surface area contributed by atoms with Crippen LogP contribution in [0.15, 0.2) is 18.2 Å². The zero-order valence-electron chi connectivity index (χ0n) is 10.5. The molecule has 0 radical (unpaired) electrons. The molecule has 1 aromatic rings. The second kappa shape index (κ2) is 5.08. The molecule has 0 aliphatic heterocycles. The summed E-state index contributed by atoms with van der Waals surface area (Å²) < 4.78 is 5.11. The molecule has 0 unspecified atom stereocenters. The number of phenolic OH excluding ortho intramolecular Hbond substituents is 1. The van der Waals surface area contributed by atoms with Gasteiger partial charge in [-0.25, -0.2) is 4.79 Å². The average molecular weight is 237 g/mol. The van der Waals surface area contributed by atoms with E-state index in [4.69, 9.17) is 10.5 Å². The minimum absolute atomic E-state index is 0.102. The first-order chi connectivity index (χ1) is 7.79. The molecular formula is C13H19NO3. The predicted octanol–water partition coefficient (Wildman–Crippen LogP) is 2.57. The number of phenols is 1. The highest BCUT2D eigenvalue weighted by Gasteiger charge is 2.13. The summed E-state index contributed by atoms with van der Waals surface area (Å²) in [7, 11) is 0. The predicted molar refractivity (Wildman–Crippen MR) is 66.9 cm³/mol. The van der Waals surface area contributed by atoms with Gasteiger partial charge in [0.1, 0.15) is 5.75 Å². The lowest BCUT2D eigenvalue weighted by Gasteiger charge is -2.17. The van der Waals surface area contributed by atoms with Gasteiger partial charge in [0.2, 0.25) is 0 Å². The third-order valence-corrected chi connectivity index (χ3v) is 2.35. The van der Waals surface area contributed by atoms with Crippen LogP contribution in [-0.4, -0.2) is 17.7 Å². The zero-order chi connectivity index (χ0) is 13.1. The van der Waals surface area contributed by atoms with Crippen LogP contribution in [-0.2, 0) is 4.74 Å². The second-order valence-electron chi connectivity index (χ2n) is 5.22. The van der Waals surface area contributed by atoms with Gasteiger partial charge < -0.3 is 15.6 Å². The molecule has 0 aliphatic rings. The molecule has 1 aromatic carbocycles. The van der Waals surface area contributed by atoms with Gasteiger partial charge >= 0.3 is 5.97 Å². The Bertz CT molecular complexity index is 408. The van der Waals surface area contributed by atoms with Crippen LogP contribution in [0, 0.1) is 5.41 Å². The van der Waals surface area contributed by atoms with E-state index in [9.17, 15) is 9.90 Å². The summed E-state index contributed by atoms with van der Waals surface area (Å²) in [6, 6.07) is 4.33. The fourth-order valence-corrected chi connectivity index (χ4v) is 1.20. The van der Waals surface area contributed by atoms with Crippen molar-refractivity contribution >= 4 is 11.7 Å². The molecule has 0 spiro atoms. The van der Waals surface area contributed by atoms with Crippen LogP contribution in [0.4, 0.5) is 5.69 Å². The van der Waals surface area contributed by atoms with Crippen molar-refractivity contribution in [1.82, 2.24) is 0 Å². The molecule has 0 aromatic heterocycles. The molecule has 1 rings (SSSR count). The Morgan fingerprint density at radius 2 is 2.06 bits per heavy atom. The Labute approximate surface area is 101 Å². The average Bonchev–Trinajstić information content (AvgIpc) is 2.20. The third kappa shape index (κ3) is 4.34. The van der Waals surface area contributed by atoms with Crippen LogP contribution in [0.2, 0.25) is 0 Å². The monoisotopic (exact) mass is 237 g/mol. The number of aromatic hydroxyl groups is 1. The van der Waals surface area contributed by atoms with Crippen LogP contribution < -0.4 is 5.73 Å². The summed E-state index contributed by atoms with van der Waals surface area (Å²) >= 11 is 0. The van der Waals surface area contributed by atoms with Crippen molar-refractivity contribution in [3.05, 3.63) is 23.8 Å². The fraction of sp³-hybridized carbons (Fsp3) is 0.462. The van der Waals surface area contributed by atoms with Crippen molar-refractivity contribution < 1.29 is 14.6 Å². The number of ether oxygens (including phenoxy) is 1. The number of carbonyl (C=O) groups excluding carboxylic acids is 1. The molecule has 0 aliphatic carbocycles. The lowest BCUT2D eigenvalue weighted by molar-refractivity contribution is 0.0464. The van der Waals surface area contributed by atoms with E-state index in [1.165, 1.54) is 18.2 Å². The lowest BCUT2D eigenvalue weighted by Crippen LogP contribution is -2.13. The smallest absolute Gasteiger partial charge is 0.338 e. The Balaban J connectivity index is 2.56. The largest absolute Gasteiger partial charge is 0.506 e. The number of hydrogen-bond acceptors (Lipinski definition) is 4. The number of nitrogens with two attached hydrogens (primary N) is 1. The lowest BCUT2D eigenvalue weighted by atomic mass is 9.93. The van der Waals surface area contributed by atoms with E-state index in [0.29, 0.717) is 12.2 Å². The number of anilines is 1. The van der Waals surface area contributed by atoms with Crippen LogP contribution >= 0.6 is 0 Å². The molecule has 0 saturated heterocycles. The van der Waals surface area contributed by atoms with Gasteiger partial charge in [-0.3, -0.25) is 0 Å². The fourth-order valence-electron chi connectivity index (χ4n) is 1.20. The maximum absolute atomic E-state index is 11.6. The summed E-state index contributed by atoms with van der Waals surface area (Å²) in [5.74, 6) is -0.542. The van der Waals surface area contributed by atoms with E-state index in [-0.39, 0.29) is 16.9 Å². The standard InChI is InChI=1S/C13H19NO3/c1-13(2,3)6-7-17-12(16)9-4-5-10(14)11(15)8-9/h4-5,8,15H,6-7,14H2,1-3H3. The van der Waals surface area contributed by atoms with Crippen molar-refractivity contribution in [1.29, 1.82) is 0 Å². The van der Waals surface area contributed by atoms with Crippen LogP contribution in [0.25, 0.3) is 0 Å². The van der Waals surface area contributed by atoms with Gasteiger partial charge in [0.15, 0.2) is 0 Å². The van der Waals surface area contributed by atoms with Crippen molar-refractivity contribution in [2.24, 2.45) is 5.41 Å². The second-order valence-corrected chi connectivity index (χ2v) is 5.22. The summed E-state index contributed by atoms with van der Waals surface area (Å²) in [5, 5.41) is 9.37. The Hall–Kier alpha value is -1.71. The molecule has 17 heavy (non-hydrogen) atoms. The molecule has 4 heteroatoms. The Kier molecular flexibility index (Phi) is 3.99. The van der Waals surface area contributed by atoms with E-state index in [2.05, 4.69) is 20.8 Å². The number of hydrogen-bond donors (Lipinski definition) is 2. The molecular weight excluding hydrogens is 218 g/mol. The molecule has 94 valence electrons. The van der Waals surface area contributed by atoms with E-state index in [1.807, 2.05) is 0 Å². The Morgan fingerprint density at radius 3 is 2.59 bits per heavy atom. The molecule has 3 N–H and O–H groups in total. The van der Waals surface area contributed by atoms with Gasteiger partial charge in [-0.05, 0) is 30.0 Å². The van der Waals surface area contributed by atoms with Gasteiger partial charge in [-0.15, -0.1) is 0 Å². The van der Waals surface area contributed by atoms with Crippen molar-refractivity contribution in [2.45, 2.75) is 27.2 Å². The molecule has 0 fully saturated rings. The van der Waals surface area contributed by atoms with E-state index in [1.54, 1.807) is 0 Å². The van der Waals surface area contributed by atoms with Gasteiger partial charge in [-0.1, -0.05) is 20.8 Å². The number of esters is 1. The maximum atomic E-state index is 11.6. The first-order valence-electron chi connectivity index (χ1n) is 5.55. The number of rotatable bonds is 3. The van der Waals surface area contributed by atoms with Crippen LogP contribution in [0.3, 0.4) is 0 Å². The summed E-state index contributed by atoms with van der Waals surface area (Å²) in [4.78, 5) is 11.6. The first-order valence-corrected chi connectivity index (χ1v) is 5.55. The molecule has 0 bridgehead atoms. The molecule has 0 heterocycles. The minimum atomic E-state index is -0.440. The number of nitrogen functional groups attached to an aromatic ring is 1. The highest BCUT2D eigenvalue weighted by atomic mass is 16.5. The SMILES string of the molecule is CC(C)(C)CCOC(=O)c1ccc(N)c(O)c1. The molecule has 0 amide bonds. The van der Waals surface area contributed by atoms with Crippen molar-refractivity contribution in [3.8, 4) is 5.75 Å². The molecule has 4 nitrogen and oxygen atoms in total. The Morgan fingerprint density at radius 1 is 1.41 bits per heavy atom. The zero-order valence-corrected chi connectivity index (χ0v) is 10.5. The summed E-state index contributed by atoms with van der Waals surface area (Å²) in [5.41, 5.74) is 6.13. The van der Waals surface area contributed by atoms with E-state index >= 15 is 0 Å². The quantitative estimate of drug-likeness (QED) is 0.481. The normalized spacial score (nSPS) is 11.2. The summed E-state index contributed by atoms with van der Waals surface area (Å²) in [6.07, 6.45) is 0.791. The molecule has 0 atom stereocenters. The van der Waals surface area contributed by atoms with Crippen LogP contribution in [0.1, 0.15) is 37.6 Å². The minimum Gasteiger partial charge on any atom is -0.506 e. The van der Waals surface area contributed by atoms with E-state index < -0.39 is 5.97 Å². The highest BCUT2D eigenvalue weighted by Crippen LogP contribution is 2.22.